The van der Waals surface area contributed by atoms with Crippen molar-refractivity contribution in [2.24, 2.45) is 5.92 Å². The maximum absolute atomic E-state index is 14.2. The first kappa shape index (κ1) is 26.2. The Bertz CT molecular complexity index is 1290. The van der Waals surface area contributed by atoms with Crippen molar-refractivity contribution in [3.05, 3.63) is 54.0 Å². The highest BCUT2D eigenvalue weighted by Crippen LogP contribution is 2.32. The van der Waals surface area contributed by atoms with Gasteiger partial charge in [-0.05, 0) is 69.0 Å². The molecule has 3 aromatic rings. The molecule has 1 saturated carbocycles. The van der Waals surface area contributed by atoms with Crippen molar-refractivity contribution >= 4 is 22.7 Å². The third-order valence-corrected chi connectivity index (χ3v) is 7.40. The standard InChI is InChI=1S/C29H36FN5O3/c1-20(2)32-28(36)19-33-10-12-34(13-11-33)29(37)16-22-14-24(30)6-9-27(22)38-25-7-8-26-23(15-25)17-31-35(26)18-21-4-3-5-21/h6-9,14-15,17,20-21H,3-5,10-13,16,18-19H2,1-2H3,(H,32,36). The van der Waals surface area contributed by atoms with Crippen LogP contribution in [0, 0.1) is 11.7 Å². The molecule has 0 atom stereocenters. The average molecular weight is 522 g/mol. The van der Waals surface area contributed by atoms with Gasteiger partial charge in [0.1, 0.15) is 17.3 Å². The van der Waals surface area contributed by atoms with Crippen LogP contribution < -0.4 is 10.1 Å². The van der Waals surface area contributed by atoms with Gasteiger partial charge in [-0.3, -0.25) is 19.2 Å². The van der Waals surface area contributed by atoms with E-state index < -0.39 is 5.82 Å². The fourth-order valence-corrected chi connectivity index (χ4v) is 5.11. The predicted molar refractivity (Wildman–Crippen MR) is 144 cm³/mol. The highest BCUT2D eigenvalue weighted by atomic mass is 19.1. The Balaban J connectivity index is 1.21. The summed E-state index contributed by atoms with van der Waals surface area (Å²) < 4.78 is 22.4. The van der Waals surface area contributed by atoms with E-state index in [1.807, 2.05) is 43.1 Å². The number of hydrogen-bond donors (Lipinski definition) is 1. The van der Waals surface area contributed by atoms with Crippen LogP contribution in [-0.4, -0.2) is 70.2 Å². The number of carbonyl (C=O) groups is 2. The van der Waals surface area contributed by atoms with Gasteiger partial charge in [0.05, 0.1) is 24.7 Å². The highest BCUT2D eigenvalue weighted by Gasteiger charge is 2.24. The summed E-state index contributed by atoms with van der Waals surface area (Å²) in [6.45, 7) is 7.43. The molecule has 1 saturated heterocycles. The monoisotopic (exact) mass is 521 g/mol. The number of benzene rings is 2. The number of halogens is 1. The zero-order valence-corrected chi connectivity index (χ0v) is 22.2. The molecule has 0 radical (unpaired) electrons. The van der Waals surface area contributed by atoms with Gasteiger partial charge >= 0.3 is 0 Å². The van der Waals surface area contributed by atoms with E-state index in [0.717, 1.165) is 17.4 Å². The SMILES string of the molecule is CC(C)NC(=O)CN1CCN(C(=O)Cc2cc(F)ccc2Oc2ccc3c(cnn3CC3CCC3)c2)CC1. The number of carbonyl (C=O) groups excluding carboxylic acids is 2. The Morgan fingerprint density at radius 1 is 1.11 bits per heavy atom. The van der Waals surface area contributed by atoms with Gasteiger partial charge < -0.3 is 15.0 Å². The molecule has 0 spiro atoms. The third-order valence-electron chi connectivity index (χ3n) is 7.40. The van der Waals surface area contributed by atoms with Gasteiger partial charge in [-0.15, -0.1) is 0 Å². The van der Waals surface area contributed by atoms with E-state index in [9.17, 15) is 14.0 Å². The molecule has 1 aliphatic heterocycles. The predicted octanol–water partition coefficient (Wildman–Crippen LogP) is 3.98. The Kier molecular flexibility index (Phi) is 7.93. The quantitative estimate of drug-likeness (QED) is 0.461. The Hall–Kier alpha value is -3.46. The average Bonchev–Trinajstić information content (AvgIpc) is 3.25. The minimum Gasteiger partial charge on any atom is -0.457 e. The fourth-order valence-electron chi connectivity index (χ4n) is 5.11. The number of ether oxygens (including phenoxy) is 1. The Labute approximate surface area is 222 Å². The number of rotatable bonds is 9. The molecule has 9 heteroatoms. The first-order valence-electron chi connectivity index (χ1n) is 13.6. The third kappa shape index (κ3) is 6.32. The van der Waals surface area contributed by atoms with Gasteiger partial charge in [0.15, 0.2) is 0 Å². The van der Waals surface area contributed by atoms with Crippen molar-refractivity contribution < 1.29 is 18.7 Å². The molecule has 2 heterocycles. The lowest BCUT2D eigenvalue weighted by Crippen LogP contribution is -2.51. The maximum atomic E-state index is 14.2. The van der Waals surface area contributed by atoms with Crippen molar-refractivity contribution in [3.63, 3.8) is 0 Å². The zero-order chi connectivity index (χ0) is 26.6. The van der Waals surface area contributed by atoms with Crippen LogP contribution in [0.1, 0.15) is 38.7 Å². The van der Waals surface area contributed by atoms with Crippen LogP contribution in [0.4, 0.5) is 4.39 Å². The lowest BCUT2D eigenvalue weighted by atomic mass is 9.85. The first-order valence-corrected chi connectivity index (χ1v) is 13.6. The molecule has 2 aromatic carbocycles. The molecule has 8 nitrogen and oxygen atoms in total. The van der Waals surface area contributed by atoms with E-state index in [2.05, 4.69) is 15.1 Å². The van der Waals surface area contributed by atoms with E-state index in [4.69, 9.17) is 4.74 Å². The molecule has 0 unspecified atom stereocenters. The van der Waals surface area contributed by atoms with E-state index in [1.54, 1.807) is 11.0 Å². The van der Waals surface area contributed by atoms with E-state index >= 15 is 0 Å². The Morgan fingerprint density at radius 3 is 2.61 bits per heavy atom. The summed E-state index contributed by atoms with van der Waals surface area (Å²) in [5.74, 6) is 1.29. The summed E-state index contributed by atoms with van der Waals surface area (Å²) >= 11 is 0. The number of fused-ring (bicyclic) bond motifs is 1. The molecule has 1 aliphatic carbocycles. The van der Waals surface area contributed by atoms with Gasteiger partial charge in [-0.1, -0.05) is 6.42 Å². The van der Waals surface area contributed by atoms with Crippen molar-refractivity contribution in [1.29, 1.82) is 0 Å². The molecule has 5 rings (SSSR count). The maximum Gasteiger partial charge on any atom is 0.234 e. The second-order valence-corrected chi connectivity index (χ2v) is 10.8. The summed E-state index contributed by atoms with van der Waals surface area (Å²) in [5.41, 5.74) is 1.58. The number of amides is 2. The van der Waals surface area contributed by atoms with E-state index in [-0.39, 0.29) is 24.3 Å². The summed E-state index contributed by atoms with van der Waals surface area (Å²) in [7, 11) is 0. The van der Waals surface area contributed by atoms with Crippen LogP contribution in [-0.2, 0) is 22.6 Å². The number of nitrogens with one attached hydrogen (secondary N) is 1. The van der Waals surface area contributed by atoms with Crippen LogP contribution in [0.2, 0.25) is 0 Å². The van der Waals surface area contributed by atoms with Crippen molar-refractivity contribution in [2.45, 2.75) is 52.1 Å². The second kappa shape index (κ2) is 11.5. The Morgan fingerprint density at radius 2 is 1.89 bits per heavy atom. The van der Waals surface area contributed by atoms with Gasteiger partial charge in [0.2, 0.25) is 11.8 Å². The molecule has 2 fully saturated rings. The topological polar surface area (TPSA) is 79.7 Å². The van der Waals surface area contributed by atoms with Gasteiger partial charge in [0, 0.05) is 49.7 Å². The summed E-state index contributed by atoms with van der Waals surface area (Å²) in [5, 5.41) is 8.44. The first-order chi connectivity index (χ1) is 18.3. The molecule has 1 aromatic heterocycles. The van der Waals surface area contributed by atoms with Crippen molar-refractivity contribution in [2.75, 3.05) is 32.7 Å². The van der Waals surface area contributed by atoms with Gasteiger partial charge in [-0.25, -0.2) is 4.39 Å². The fraction of sp³-hybridized carbons (Fsp3) is 0.483. The number of hydrogen-bond acceptors (Lipinski definition) is 5. The molecular formula is C29H36FN5O3. The normalized spacial score (nSPS) is 16.6. The minimum absolute atomic E-state index is 0.00905. The van der Waals surface area contributed by atoms with Crippen LogP contribution in [0.3, 0.4) is 0 Å². The van der Waals surface area contributed by atoms with Crippen molar-refractivity contribution in [3.8, 4) is 11.5 Å². The highest BCUT2D eigenvalue weighted by molar-refractivity contribution is 5.81. The smallest absolute Gasteiger partial charge is 0.234 e. The van der Waals surface area contributed by atoms with Crippen LogP contribution >= 0.6 is 0 Å². The molecule has 202 valence electrons. The zero-order valence-electron chi connectivity index (χ0n) is 22.2. The lowest BCUT2D eigenvalue weighted by Gasteiger charge is -2.34. The second-order valence-electron chi connectivity index (χ2n) is 10.8. The summed E-state index contributed by atoms with van der Waals surface area (Å²) in [6.07, 6.45) is 5.72. The number of piperazine rings is 1. The van der Waals surface area contributed by atoms with Crippen molar-refractivity contribution in [1.82, 2.24) is 24.9 Å². The summed E-state index contributed by atoms with van der Waals surface area (Å²) in [6, 6.07) is 10.2. The van der Waals surface area contributed by atoms with Gasteiger partial charge in [-0.2, -0.15) is 5.10 Å². The van der Waals surface area contributed by atoms with E-state index in [0.29, 0.717) is 55.7 Å². The molecule has 1 N–H and O–H groups in total. The minimum atomic E-state index is -0.408. The van der Waals surface area contributed by atoms with Crippen LogP contribution in [0.25, 0.3) is 10.9 Å². The molecular weight excluding hydrogens is 485 g/mol. The van der Waals surface area contributed by atoms with E-state index in [1.165, 1.54) is 31.4 Å². The van der Waals surface area contributed by atoms with Crippen LogP contribution in [0.5, 0.6) is 11.5 Å². The number of nitrogens with zero attached hydrogens (tertiary/aromatic N) is 4. The van der Waals surface area contributed by atoms with Gasteiger partial charge in [0.25, 0.3) is 0 Å². The lowest BCUT2D eigenvalue weighted by molar-refractivity contribution is -0.132. The largest absolute Gasteiger partial charge is 0.457 e. The molecule has 2 aliphatic rings. The molecule has 0 bridgehead atoms. The molecule has 38 heavy (non-hydrogen) atoms. The molecule has 2 amide bonds. The summed E-state index contributed by atoms with van der Waals surface area (Å²) in [4.78, 5) is 28.9. The number of aromatic nitrogens is 2. The van der Waals surface area contributed by atoms with Crippen LogP contribution in [0.15, 0.2) is 42.6 Å².